The van der Waals surface area contributed by atoms with Crippen LogP contribution in [0, 0.1) is 0 Å². The molecule has 0 unspecified atom stereocenters. The number of methoxy groups -OCH3 is 1. The third kappa shape index (κ3) is 0.956. The van der Waals surface area contributed by atoms with Gasteiger partial charge in [-0.05, 0) is 11.4 Å². The Labute approximate surface area is 56.9 Å². The summed E-state index contributed by atoms with van der Waals surface area (Å²) in [6.07, 6.45) is 0. The molecular weight excluding hydrogens is 144 g/mol. The molecular formula is C5H5ClOS. The van der Waals surface area contributed by atoms with E-state index in [1.54, 1.807) is 7.11 Å². The van der Waals surface area contributed by atoms with Gasteiger partial charge in [-0.25, -0.2) is 0 Å². The highest BCUT2D eigenvalue weighted by atomic mass is 35.5. The fraction of sp³-hybridized carbons (Fsp3) is 0.200. The van der Waals surface area contributed by atoms with Gasteiger partial charge in [0.05, 0.1) is 12.1 Å². The van der Waals surface area contributed by atoms with Gasteiger partial charge in [0.1, 0.15) is 0 Å². The Balaban J connectivity index is 2.92. The Kier molecular flexibility index (Phi) is 1.76. The summed E-state index contributed by atoms with van der Waals surface area (Å²) in [7, 11) is 1.61. The van der Waals surface area contributed by atoms with Crippen molar-refractivity contribution in [3.05, 3.63) is 16.5 Å². The highest BCUT2D eigenvalue weighted by Crippen LogP contribution is 2.29. The average Bonchev–Trinajstić information content (AvgIpc) is 2.14. The van der Waals surface area contributed by atoms with Crippen LogP contribution in [-0.4, -0.2) is 7.11 Å². The first-order valence-corrected chi connectivity index (χ1v) is 3.37. The molecule has 0 saturated carbocycles. The summed E-state index contributed by atoms with van der Waals surface area (Å²) in [5.74, 6) is 0. The molecule has 8 heavy (non-hydrogen) atoms. The largest absolute Gasteiger partial charge is 0.486 e. The zero-order valence-corrected chi connectivity index (χ0v) is 5.92. The lowest BCUT2D eigenvalue weighted by Gasteiger charge is -1.90. The van der Waals surface area contributed by atoms with E-state index >= 15 is 0 Å². The Morgan fingerprint density at radius 1 is 1.75 bits per heavy atom. The summed E-state index contributed by atoms with van der Waals surface area (Å²) in [5.41, 5.74) is 0. The van der Waals surface area contributed by atoms with Gasteiger partial charge in [-0.2, -0.15) is 0 Å². The Hall–Kier alpha value is -0.210. The average molecular weight is 149 g/mol. The van der Waals surface area contributed by atoms with Gasteiger partial charge in [-0.1, -0.05) is 11.6 Å². The minimum atomic E-state index is 0.692. The van der Waals surface area contributed by atoms with Crippen molar-refractivity contribution < 1.29 is 4.74 Å². The predicted molar refractivity (Wildman–Crippen MR) is 35.9 cm³/mol. The van der Waals surface area contributed by atoms with Crippen molar-refractivity contribution >= 4 is 22.9 Å². The standard InChI is InChI=1S/C5H5ClOS/c1-7-5-4(6)2-3-8-5/h2-3H,1H3. The molecule has 1 rings (SSSR count). The maximum Gasteiger partial charge on any atom is 0.192 e. The summed E-state index contributed by atoms with van der Waals surface area (Å²) in [4.78, 5) is 0. The second-order valence-corrected chi connectivity index (χ2v) is 2.55. The maximum absolute atomic E-state index is 5.63. The molecule has 0 aromatic carbocycles. The number of thiophene rings is 1. The molecule has 1 aromatic rings. The van der Waals surface area contributed by atoms with E-state index in [0.29, 0.717) is 5.02 Å². The molecule has 0 amide bonds. The van der Waals surface area contributed by atoms with Crippen molar-refractivity contribution in [1.29, 1.82) is 0 Å². The first-order valence-electron chi connectivity index (χ1n) is 2.11. The van der Waals surface area contributed by atoms with Gasteiger partial charge in [0, 0.05) is 0 Å². The second-order valence-electron chi connectivity index (χ2n) is 1.26. The van der Waals surface area contributed by atoms with Crippen LogP contribution in [0.3, 0.4) is 0 Å². The summed E-state index contributed by atoms with van der Waals surface area (Å²) in [6.45, 7) is 0. The van der Waals surface area contributed by atoms with E-state index in [-0.39, 0.29) is 0 Å². The molecule has 1 nitrogen and oxygen atoms in total. The molecule has 1 aromatic heterocycles. The fourth-order valence-electron chi connectivity index (χ4n) is 0.426. The lowest BCUT2D eigenvalue weighted by atomic mass is 10.6. The zero-order valence-electron chi connectivity index (χ0n) is 4.35. The molecule has 0 spiro atoms. The third-order valence-corrected chi connectivity index (χ3v) is 2.05. The smallest absolute Gasteiger partial charge is 0.192 e. The van der Waals surface area contributed by atoms with Gasteiger partial charge in [0.2, 0.25) is 0 Å². The summed E-state index contributed by atoms with van der Waals surface area (Å²) in [6, 6.07) is 1.81. The van der Waals surface area contributed by atoms with Crippen LogP contribution in [0.4, 0.5) is 0 Å². The van der Waals surface area contributed by atoms with Crippen LogP contribution in [0.2, 0.25) is 5.02 Å². The summed E-state index contributed by atoms with van der Waals surface area (Å²) in [5, 5.41) is 3.37. The minimum Gasteiger partial charge on any atom is -0.486 e. The highest BCUT2D eigenvalue weighted by molar-refractivity contribution is 7.12. The van der Waals surface area contributed by atoms with E-state index in [2.05, 4.69) is 0 Å². The molecule has 0 saturated heterocycles. The van der Waals surface area contributed by atoms with Crippen LogP contribution in [-0.2, 0) is 0 Å². The first kappa shape index (κ1) is 5.92. The van der Waals surface area contributed by atoms with Crippen molar-refractivity contribution in [3.63, 3.8) is 0 Å². The van der Waals surface area contributed by atoms with E-state index in [0.717, 1.165) is 5.06 Å². The van der Waals surface area contributed by atoms with Gasteiger partial charge in [-0.15, -0.1) is 11.3 Å². The summed E-state index contributed by atoms with van der Waals surface area (Å²) >= 11 is 7.12. The van der Waals surface area contributed by atoms with Gasteiger partial charge < -0.3 is 4.74 Å². The van der Waals surface area contributed by atoms with E-state index in [4.69, 9.17) is 16.3 Å². The molecule has 3 heteroatoms. The van der Waals surface area contributed by atoms with Crippen LogP contribution in [0.15, 0.2) is 11.4 Å². The van der Waals surface area contributed by atoms with Crippen molar-refractivity contribution in [1.82, 2.24) is 0 Å². The van der Waals surface area contributed by atoms with Crippen molar-refractivity contribution in [2.24, 2.45) is 0 Å². The monoisotopic (exact) mass is 148 g/mol. The SMILES string of the molecule is COc1sccc1Cl. The van der Waals surface area contributed by atoms with Crippen LogP contribution < -0.4 is 4.74 Å². The Morgan fingerprint density at radius 3 is 2.75 bits per heavy atom. The molecule has 0 N–H and O–H groups in total. The first-order chi connectivity index (χ1) is 3.84. The summed E-state index contributed by atoms with van der Waals surface area (Å²) < 4.78 is 4.87. The number of hydrogen-bond donors (Lipinski definition) is 0. The normalized spacial score (nSPS) is 9.25. The van der Waals surface area contributed by atoms with Crippen LogP contribution in [0.25, 0.3) is 0 Å². The van der Waals surface area contributed by atoms with Gasteiger partial charge in [-0.3, -0.25) is 0 Å². The topological polar surface area (TPSA) is 9.23 Å². The molecule has 0 bridgehead atoms. The van der Waals surface area contributed by atoms with Crippen molar-refractivity contribution in [2.75, 3.05) is 7.11 Å². The number of ether oxygens (including phenoxy) is 1. The van der Waals surface area contributed by atoms with Gasteiger partial charge in [0.15, 0.2) is 5.06 Å². The Bertz CT molecular complexity index is 173. The third-order valence-electron chi connectivity index (χ3n) is 0.770. The maximum atomic E-state index is 5.63. The van der Waals surface area contributed by atoms with E-state index in [1.807, 2.05) is 11.4 Å². The molecule has 0 aliphatic heterocycles. The highest BCUT2D eigenvalue weighted by Gasteiger charge is 1.97. The van der Waals surface area contributed by atoms with Crippen molar-refractivity contribution in [3.8, 4) is 5.06 Å². The number of halogens is 1. The second kappa shape index (κ2) is 2.37. The molecule has 0 aliphatic carbocycles. The molecule has 0 aliphatic rings. The predicted octanol–water partition coefficient (Wildman–Crippen LogP) is 2.41. The van der Waals surface area contributed by atoms with Crippen molar-refractivity contribution in [2.45, 2.75) is 0 Å². The minimum absolute atomic E-state index is 0.692. The van der Waals surface area contributed by atoms with Crippen LogP contribution in [0.5, 0.6) is 5.06 Å². The zero-order chi connectivity index (χ0) is 5.98. The Morgan fingerprint density at radius 2 is 2.50 bits per heavy atom. The van der Waals surface area contributed by atoms with Crippen LogP contribution >= 0.6 is 22.9 Å². The number of hydrogen-bond acceptors (Lipinski definition) is 2. The molecule has 0 fully saturated rings. The van der Waals surface area contributed by atoms with E-state index < -0.39 is 0 Å². The van der Waals surface area contributed by atoms with E-state index in [1.165, 1.54) is 11.3 Å². The fourth-order valence-corrected chi connectivity index (χ4v) is 1.38. The lowest BCUT2D eigenvalue weighted by molar-refractivity contribution is 0.427. The lowest BCUT2D eigenvalue weighted by Crippen LogP contribution is -1.75. The van der Waals surface area contributed by atoms with Gasteiger partial charge in [0.25, 0.3) is 0 Å². The van der Waals surface area contributed by atoms with Crippen LogP contribution in [0.1, 0.15) is 0 Å². The number of rotatable bonds is 1. The molecule has 0 atom stereocenters. The molecule has 44 valence electrons. The molecule has 0 radical (unpaired) electrons. The molecule has 1 heterocycles. The van der Waals surface area contributed by atoms with Gasteiger partial charge >= 0.3 is 0 Å². The quantitative estimate of drug-likeness (QED) is 0.595. The van der Waals surface area contributed by atoms with E-state index in [9.17, 15) is 0 Å².